The zero-order valence-electron chi connectivity index (χ0n) is 7.24. The van der Waals surface area contributed by atoms with Gasteiger partial charge in [-0.3, -0.25) is 0 Å². The van der Waals surface area contributed by atoms with E-state index in [9.17, 15) is 0 Å². The van der Waals surface area contributed by atoms with Crippen molar-refractivity contribution in [2.75, 3.05) is 0 Å². The van der Waals surface area contributed by atoms with E-state index in [2.05, 4.69) is 13.8 Å². The van der Waals surface area contributed by atoms with E-state index in [0.717, 1.165) is 0 Å². The molecule has 0 rings (SSSR count). The molecule has 0 aliphatic rings. The van der Waals surface area contributed by atoms with Crippen LogP contribution in [0.25, 0.3) is 0 Å². The molecule has 0 atom stereocenters. The van der Waals surface area contributed by atoms with Crippen molar-refractivity contribution >= 4 is 5.43 Å². The Labute approximate surface area is 80.2 Å². The molecular formula is C8H18SiZr+2. The minimum absolute atomic E-state index is 0.175. The van der Waals surface area contributed by atoms with Gasteiger partial charge in [-0.05, 0) is 0 Å². The molecule has 0 nitrogen and oxygen atoms in total. The fourth-order valence-corrected chi connectivity index (χ4v) is 5.32. The summed E-state index contributed by atoms with van der Waals surface area (Å²) in [7, 11) is 0. The maximum absolute atomic E-state index is 2.30. The van der Waals surface area contributed by atoms with Gasteiger partial charge >= 0.3 is 80.4 Å². The average molecular weight is 234 g/mol. The van der Waals surface area contributed by atoms with Crippen LogP contribution in [0.1, 0.15) is 39.5 Å². The molecule has 0 amide bonds. The molecule has 0 aromatic carbocycles. The van der Waals surface area contributed by atoms with Crippen LogP contribution in [-0.2, 0) is 23.3 Å². The van der Waals surface area contributed by atoms with Crippen LogP contribution in [0, 0.1) is 0 Å². The normalized spacial score (nSPS) is 10.0. The van der Waals surface area contributed by atoms with Crippen molar-refractivity contribution in [3.05, 3.63) is 0 Å². The van der Waals surface area contributed by atoms with Crippen molar-refractivity contribution in [2.24, 2.45) is 0 Å². The monoisotopic (exact) mass is 232 g/mol. The van der Waals surface area contributed by atoms with Crippen LogP contribution in [0.4, 0.5) is 0 Å². The summed E-state index contributed by atoms with van der Waals surface area (Å²) in [5.41, 5.74) is 0.175. The first kappa shape index (κ1) is 11.1. The summed E-state index contributed by atoms with van der Waals surface area (Å²) in [6.45, 7) is 4.59. The molecule has 0 aromatic rings. The standard InChI is InChI=1S/C8H18Si.Zr/c1-3-5-7-9-8-6-4-2;/h3-8H2,1-2H3;/q;+2. The van der Waals surface area contributed by atoms with E-state index < -0.39 is 0 Å². The van der Waals surface area contributed by atoms with Crippen molar-refractivity contribution in [1.29, 1.82) is 0 Å². The summed E-state index contributed by atoms with van der Waals surface area (Å²) in [6.07, 6.45) is 5.77. The zero-order valence-corrected chi connectivity index (χ0v) is 10.7. The van der Waals surface area contributed by atoms with Gasteiger partial charge in [-0.15, -0.1) is 0 Å². The number of rotatable bonds is 6. The van der Waals surface area contributed by atoms with Crippen LogP contribution in [0.3, 0.4) is 0 Å². The molecule has 0 saturated carbocycles. The molecule has 0 N–H and O–H groups in total. The van der Waals surface area contributed by atoms with Gasteiger partial charge in [0, 0.05) is 0 Å². The van der Waals surface area contributed by atoms with Crippen molar-refractivity contribution < 1.29 is 23.3 Å². The Kier molecular flexibility index (Phi) is 9.10. The number of hydrogen-bond donors (Lipinski definition) is 0. The average Bonchev–Trinajstić information content (AvgIpc) is 1.97. The Balaban J connectivity index is 3.09. The summed E-state index contributed by atoms with van der Waals surface area (Å²) < 4.78 is 0. The molecule has 0 aliphatic carbocycles. The Morgan fingerprint density at radius 3 is 1.70 bits per heavy atom. The topological polar surface area (TPSA) is 0 Å². The van der Waals surface area contributed by atoms with Crippen molar-refractivity contribution in [3.8, 4) is 0 Å². The maximum atomic E-state index is 2.30. The van der Waals surface area contributed by atoms with E-state index >= 15 is 0 Å². The van der Waals surface area contributed by atoms with Gasteiger partial charge in [-0.25, -0.2) is 0 Å². The predicted octanol–water partition coefficient (Wildman–Crippen LogP) is 3.12. The quantitative estimate of drug-likeness (QED) is 0.619. The summed E-state index contributed by atoms with van der Waals surface area (Å²) in [4.78, 5) is 0. The van der Waals surface area contributed by atoms with Gasteiger partial charge in [0.05, 0.1) is 0 Å². The molecule has 0 heterocycles. The van der Waals surface area contributed by atoms with Crippen LogP contribution in [-0.4, -0.2) is 5.43 Å². The van der Waals surface area contributed by atoms with Crippen molar-refractivity contribution in [2.45, 2.75) is 51.6 Å². The van der Waals surface area contributed by atoms with Crippen molar-refractivity contribution in [1.82, 2.24) is 0 Å². The molecule has 56 valence electrons. The van der Waals surface area contributed by atoms with Crippen molar-refractivity contribution in [3.63, 3.8) is 0 Å². The SMILES string of the molecule is CCCC[Si](=[Zr+2])CCCC. The van der Waals surface area contributed by atoms with Gasteiger partial charge in [0.15, 0.2) is 0 Å². The van der Waals surface area contributed by atoms with E-state index in [1.165, 1.54) is 25.7 Å². The Morgan fingerprint density at radius 2 is 1.40 bits per heavy atom. The van der Waals surface area contributed by atoms with Crippen LogP contribution in [0.5, 0.6) is 0 Å². The predicted molar refractivity (Wildman–Crippen MR) is 45.2 cm³/mol. The van der Waals surface area contributed by atoms with Crippen LogP contribution in [0.2, 0.25) is 12.1 Å². The van der Waals surface area contributed by atoms with Gasteiger partial charge in [-0.1, -0.05) is 0 Å². The molecule has 0 saturated heterocycles. The third-order valence-electron chi connectivity index (χ3n) is 1.66. The molecular weight excluding hydrogens is 215 g/mol. The first-order valence-electron chi connectivity index (χ1n) is 4.37. The number of unbranched alkanes of at least 4 members (excludes halogenated alkanes) is 2. The Morgan fingerprint density at radius 1 is 1.00 bits per heavy atom. The second-order valence-corrected chi connectivity index (χ2v) is 10.2. The van der Waals surface area contributed by atoms with Gasteiger partial charge in [0.1, 0.15) is 0 Å². The van der Waals surface area contributed by atoms with E-state index in [-0.39, 0.29) is 5.43 Å². The van der Waals surface area contributed by atoms with Crippen LogP contribution < -0.4 is 0 Å². The summed E-state index contributed by atoms with van der Waals surface area (Å²) in [5.74, 6) is 0. The fourth-order valence-electron chi connectivity index (χ4n) is 0.905. The van der Waals surface area contributed by atoms with Crippen LogP contribution in [0.15, 0.2) is 0 Å². The van der Waals surface area contributed by atoms with Gasteiger partial charge in [-0.2, -0.15) is 0 Å². The molecule has 10 heavy (non-hydrogen) atoms. The molecule has 0 aromatic heterocycles. The minimum atomic E-state index is 0.175. The second-order valence-electron chi connectivity index (χ2n) is 2.81. The fraction of sp³-hybridized carbons (Fsp3) is 1.00. The molecule has 0 unspecified atom stereocenters. The molecule has 0 spiro atoms. The van der Waals surface area contributed by atoms with E-state index in [0.29, 0.717) is 0 Å². The first-order chi connectivity index (χ1) is 4.81. The summed E-state index contributed by atoms with van der Waals surface area (Å²) in [6, 6.07) is 3.17. The Hall–Kier alpha value is 1.10. The number of hydrogen-bond acceptors (Lipinski definition) is 0. The van der Waals surface area contributed by atoms with Gasteiger partial charge in [0.2, 0.25) is 0 Å². The molecule has 0 bridgehead atoms. The molecule has 0 aliphatic heterocycles. The molecule has 2 heteroatoms. The first-order valence-corrected chi connectivity index (χ1v) is 9.97. The zero-order chi connectivity index (χ0) is 7.82. The van der Waals surface area contributed by atoms with Gasteiger partial charge < -0.3 is 0 Å². The molecule has 0 fully saturated rings. The van der Waals surface area contributed by atoms with Gasteiger partial charge in [0.25, 0.3) is 0 Å². The van der Waals surface area contributed by atoms with Crippen LogP contribution >= 0.6 is 0 Å². The summed E-state index contributed by atoms with van der Waals surface area (Å²) in [5, 5.41) is 0. The Bertz CT molecular complexity index is 81.3. The van der Waals surface area contributed by atoms with E-state index in [4.69, 9.17) is 0 Å². The van der Waals surface area contributed by atoms with E-state index in [1.54, 1.807) is 12.1 Å². The molecule has 0 radical (unpaired) electrons. The third-order valence-corrected chi connectivity index (χ3v) is 7.27. The summed E-state index contributed by atoms with van der Waals surface area (Å²) >= 11 is 1.86. The second kappa shape index (κ2) is 8.20. The van der Waals surface area contributed by atoms with E-state index in [1.807, 2.05) is 23.3 Å². The third kappa shape index (κ3) is 7.21.